The number of carbonyl (C=O) groups is 2. The number of likely N-dealkylation sites (N-methyl/N-ethyl adjacent to an activating group) is 1. The van der Waals surface area contributed by atoms with Crippen LogP contribution >= 0.6 is 11.6 Å². The van der Waals surface area contributed by atoms with E-state index < -0.39 is 16.9 Å². The Kier molecular flexibility index (Phi) is 4.44. The first-order valence-corrected chi connectivity index (χ1v) is 11.4. The quantitative estimate of drug-likeness (QED) is 0.434. The Morgan fingerprint density at radius 3 is 2.44 bits per heavy atom. The number of anilines is 1. The third-order valence-corrected chi connectivity index (χ3v) is 6.93. The van der Waals surface area contributed by atoms with Gasteiger partial charge in [0.15, 0.2) is 11.0 Å². The van der Waals surface area contributed by atoms with E-state index in [1.54, 1.807) is 17.0 Å². The molecule has 0 N–H and O–H groups in total. The highest BCUT2D eigenvalue weighted by Crippen LogP contribution is 2.52. The maximum Gasteiger partial charge on any atom is 0.291 e. The molecule has 2 aliphatic heterocycles. The maximum atomic E-state index is 14.2. The van der Waals surface area contributed by atoms with Crippen LogP contribution in [0, 0.1) is 0 Å². The van der Waals surface area contributed by atoms with Crippen molar-refractivity contribution in [2.45, 2.75) is 19.0 Å². The summed E-state index contributed by atoms with van der Waals surface area (Å²) in [6.45, 7) is 2.40. The third kappa shape index (κ3) is 2.54. The van der Waals surface area contributed by atoms with Crippen LogP contribution in [0.2, 0.25) is 5.02 Å². The van der Waals surface area contributed by atoms with Crippen LogP contribution in [0.15, 0.2) is 82.0 Å². The molecule has 3 heterocycles. The molecule has 1 aromatic heterocycles. The first kappa shape index (κ1) is 20.7. The molecule has 2 amide bonds. The molecule has 4 aromatic rings. The molecule has 0 fully saturated rings. The first-order valence-electron chi connectivity index (χ1n) is 11.0. The van der Waals surface area contributed by atoms with Gasteiger partial charge in [-0.3, -0.25) is 14.4 Å². The smallest absolute Gasteiger partial charge is 0.291 e. The molecule has 1 spiro atoms. The normalized spacial score (nSPS) is 18.8. The number of benzene rings is 3. The molecule has 34 heavy (non-hydrogen) atoms. The van der Waals surface area contributed by atoms with Gasteiger partial charge in [-0.1, -0.05) is 60.1 Å². The summed E-state index contributed by atoms with van der Waals surface area (Å²) < 4.78 is 6.02. The number of amides is 2. The van der Waals surface area contributed by atoms with Gasteiger partial charge in [-0.05, 0) is 36.8 Å². The van der Waals surface area contributed by atoms with E-state index in [0.29, 0.717) is 22.8 Å². The third-order valence-electron chi connectivity index (χ3n) is 6.70. The number of hydrogen-bond donors (Lipinski definition) is 0. The highest BCUT2D eigenvalue weighted by Gasteiger charge is 2.64. The first-order chi connectivity index (χ1) is 16.5. The Morgan fingerprint density at radius 1 is 0.941 bits per heavy atom. The highest BCUT2D eigenvalue weighted by atomic mass is 35.5. The van der Waals surface area contributed by atoms with E-state index in [4.69, 9.17) is 16.0 Å². The van der Waals surface area contributed by atoms with E-state index in [0.717, 1.165) is 5.56 Å². The molecule has 1 unspecified atom stereocenters. The van der Waals surface area contributed by atoms with Crippen molar-refractivity contribution >= 4 is 40.1 Å². The van der Waals surface area contributed by atoms with Crippen molar-refractivity contribution in [3.63, 3.8) is 0 Å². The van der Waals surface area contributed by atoms with Crippen molar-refractivity contribution in [3.05, 3.63) is 110 Å². The summed E-state index contributed by atoms with van der Waals surface area (Å²) in [5.41, 5.74) is 0.372. The zero-order chi connectivity index (χ0) is 23.6. The van der Waals surface area contributed by atoms with E-state index in [9.17, 15) is 14.4 Å². The molecule has 168 valence electrons. The van der Waals surface area contributed by atoms with Gasteiger partial charge in [0, 0.05) is 23.7 Å². The number of para-hydroxylation sites is 1. The summed E-state index contributed by atoms with van der Waals surface area (Å²) in [4.78, 5) is 45.1. The van der Waals surface area contributed by atoms with Gasteiger partial charge < -0.3 is 14.2 Å². The largest absolute Gasteiger partial charge is 0.450 e. The second-order valence-corrected chi connectivity index (χ2v) is 8.87. The summed E-state index contributed by atoms with van der Waals surface area (Å²) in [6, 6.07) is 21.4. The number of nitrogens with zero attached hydrogens (tertiary/aromatic N) is 2. The van der Waals surface area contributed by atoms with Gasteiger partial charge in [-0.2, -0.15) is 0 Å². The summed E-state index contributed by atoms with van der Waals surface area (Å²) >= 11 is 6.18. The highest BCUT2D eigenvalue weighted by molar-refractivity contribution is 6.31. The molecule has 0 saturated heterocycles. The Bertz CT molecular complexity index is 1560. The second-order valence-electron chi connectivity index (χ2n) is 8.43. The molecule has 6 rings (SSSR count). The number of carbonyl (C=O) groups excluding carboxylic acids is 2. The summed E-state index contributed by atoms with van der Waals surface area (Å²) in [6.07, 6.45) is 0. The van der Waals surface area contributed by atoms with Crippen molar-refractivity contribution in [3.8, 4) is 0 Å². The minimum atomic E-state index is -1.62. The van der Waals surface area contributed by atoms with Crippen molar-refractivity contribution < 1.29 is 14.0 Å². The van der Waals surface area contributed by atoms with Gasteiger partial charge in [0.05, 0.1) is 16.6 Å². The van der Waals surface area contributed by atoms with Crippen molar-refractivity contribution in [2.75, 3.05) is 11.4 Å². The SMILES string of the molecule is CCN1C(=O)C2(c3ccccc31)c1c(oc3ccc(Cl)cc3c1=O)C(=O)N2Cc1ccccc1. The van der Waals surface area contributed by atoms with Gasteiger partial charge in [0.1, 0.15) is 5.58 Å². The lowest BCUT2D eigenvalue weighted by molar-refractivity contribution is -0.126. The molecular weight excluding hydrogens is 452 g/mol. The monoisotopic (exact) mass is 470 g/mol. The fourth-order valence-corrected chi connectivity index (χ4v) is 5.44. The topological polar surface area (TPSA) is 70.8 Å². The van der Waals surface area contributed by atoms with Crippen LogP contribution in [0.3, 0.4) is 0 Å². The molecule has 3 aromatic carbocycles. The van der Waals surface area contributed by atoms with E-state index in [1.165, 1.54) is 11.0 Å². The Labute approximate surface area is 200 Å². The van der Waals surface area contributed by atoms with Crippen LogP contribution in [0.5, 0.6) is 0 Å². The zero-order valence-electron chi connectivity index (χ0n) is 18.2. The van der Waals surface area contributed by atoms with Crippen LogP contribution in [-0.2, 0) is 16.9 Å². The van der Waals surface area contributed by atoms with Crippen LogP contribution in [0.25, 0.3) is 11.0 Å². The zero-order valence-corrected chi connectivity index (χ0v) is 19.0. The second kappa shape index (κ2) is 7.30. The molecule has 0 bridgehead atoms. The fourth-order valence-electron chi connectivity index (χ4n) is 5.26. The molecule has 0 radical (unpaired) electrons. The summed E-state index contributed by atoms with van der Waals surface area (Å²) in [5.74, 6) is -0.932. The predicted molar refractivity (Wildman–Crippen MR) is 129 cm³/mol. The maximum absolute atomic E-state index is 14.2. The molecule has 6 nitrogen and oxygen atoms in total. The Hall–Kier alpha value is -3.90. The lowest BCUT2D eigenvalue weighted by atomic mass is 9.83. The lowest BCUT2D eigenvalue weighted by Gasteiger charge is -2.34. The summed E-state index contributed by atoms with van der Waals surface area (Å²) in [5, 5.41) is 0.604. The van der Waals surface area contributed by atoms with Gasteiger partial charge >= 0.3 is 0 Å². The van der Waals surface area contributed by atoms with E-state index in [1.807, 2.05) is 61.5 Å². The molecule has 7 heteroatoms. The predicted octanol–water partition coefficient (Wildman–Crippen LogP) is 4.71. The van der Waals surface area contributed by atoms with E-state index >= 15 is 0 Å². The van der Waals surface area contributed by atoms with Crippen molar-refractivity contribution in [1.82, 2.24) is 4.90 Å². The number of hydrogen-bond acceptors (Lipinski definition) is 4. The molecular formula is C27H19ClN2O4. The van der Waals surface area contributed by atoms with Crippen LogP contribution < -0.4 is 10.3 Å². The van der Waals surface area contributed by atoms with Crippen LogP contribution in [-0.4, -0.2) is 23.3 Å². The molecule has 0 aliphatic carbocycles. The minimum Gasteiger partial charge on any atom is -0.450 e. The average Bonchev–Trinajstić information content (AvgIpc) is 3.25. The lowest BCUT2D eigenvalue weighted by Crippen LogP contribution is -2.53. The van der Waals surface area contributed by atoms with Crippen molar-refractivity contribution in [2.24, 2.45) is 0 Å². The fraction of sp³-hybridized carbons (Fsp3) is 0.148. The van der Waals surface area contributed by atoms with E-state index in [-0.39, 0.29) is 34.7 Å². The number of halogens is 1. The van der Waals surface area contributed by atoms with Gasteiger partial charge in [-0.25, -0.2) is 0 Å². The number of fused-ring (bicyclic) bond motifs is 5. The Balaban J connectivity index is 1.73. The minimum absolute atomic E-state index is 0.0524. The van der Waals surface area contributed by atoms with Gasteiger partial charge in [-0.15, -0.1) is 0 Å². The molecule has 0 saturated carbocycles. The molecule has 1 atom stereocenters. The van der Waals surface area contributed by atoms with Crippen LogP contribution in [0.4, 0.5) is 5.69 Å². The standard InChI is InChI=1S/C27H19ClN2O4/c1-2-29-20-11-7-6-10-19(20)27(26(29)33)22-23(31)18-14-17(28)12-13-21(18)34-24(22)25(32)30(27)15-16-8-4-3-5-9-16/h3-14H,2,15H2,1H3. The average molecular weight is 471 g/mol. The van der Waals surface area contributed by atoms with Gasteiger partial charge in [0.2, 0.25) is 5.76 Å². The molecule has 2 aliphatic rings. The van der Waals surface area contributed by atoms with Gasteiger partial charge in [0.25, 0.3) is 11.8 Å². The van der Waals surface area contributed by atoms with E-state index in [2.05, 4.69) is 0 Å². The number of rotatable bonds is 3. The summed E-state index contributed by atoms with van der Waals surface area (Å²) in [7, 11) is 0. The van der Waals surface area contributed by atoms with Crippen molar-refractivity contribution in [1.29, 1.82) is 0 Å². The van der Waals surface area contributed by atoms with Crippen LogP contribution in [0.1, 0.15) is 34.2 Å². The Morgan fingerprint density at radius 2 is 1.68 bits per heavy atom.